The van der Waals surface area contributed by atoms with Crippen LogP contribution in [0.3, 0.4) is 0 Å². The first-order valence-electron chi connectivity index (χ1n) is 7.15. The lowest BCUT2D eigenvalue weighted by atomic mass is 9.94. The van der Waals surface area contributed by atoms with Crippen molar-refractivity contribution in [1.29, 1.82) is 0 Å². The predicted molar refractivity (Wildman–Crippen MR) is 84.9 cm³/mol. The van der Waals surface area contributed by atoms with Crippen LogP contribution in [0, 0.1) is 0 Å². The Bertz CT molecular complexity index is 820. The van der Waals surface area contributed by atoms with Crippen molar-refractivity contribution in [3.05, 3.63) is 46.7 Å². The van der Waals surface area contributed by atoms with E-state index >= 15 is 0 Å². The zero-order valence-electron chi connectivity index (χ0n) is 11.5. The highest BCUT2D eigenvalue weighted by molar-refractivity contribution is 6.30. The third-order valence-corrected chi connectivity index (χ3v) is 4.36. The molecular formula is C16H15ClN4. The molecule has 0 saturated heterocycles. The molecule has 0 spiro atoms. The molecule has 0 bridgehead atoms. The number of nitrogens with zero attached hydrogens (tertiary/aromatic N) is 3. The van der Waals surface area contributed by atoms with Crippen LogP contribution < -0.4 is 5.73 Å². The van der Waals surface area contributed by atoms with E-state index in [1.54, 1.807) is 6.20 Å². The van der Waals surface area contributed by atoms with E-state index in [9.17, 15) is 0 Å². The molecule has 0 aliphatic heterocycles. The van der Waals surface area contributed by atoms with Crippen molar-refractivity contribution in [2.75, 3.05) is 5.73 Å². The van der Waals surface area contributed by atoms with Gasteiger partial charge in [0, 0.05) is 16.4 Å². The second kappa shape index (κ2) is 4.74. The summed E-state index contributed by atoms with van der Waals surface area (Å²) in [5.74, 6) is 0. The van der Waals surface area contributed by atoms with Crippen molar-refractivity contribution in [2.45, 2.75) is 25.7 Å². The van der Waals surface area contributed by atoms with E-state index in [1.165, 1.54) is 18.4 Å². The number of nitrogens with two attached hydrogens (primary N) is 1. The molecule has 106 valence electrons. The Balaban J connectivity index is 1.95. The number of hydrogen-bond donors (Lipinski definition) is 1. The van der Waals surface area contributed by atoms with Gasteiger partial charge in [0.1, 0.15) is 0 Å². The number of nitrogen functional groups attached to an aromatic ring is 1. The first kappa shape index (κ1) is 12.7. The van der Waals surface area contributed by atoms with E-state index in [0.717, 1.165) is 40.9 Å². The van der Waals surface area contributed by atoms with Gasteiger partial charge in [0.05, 0.1) is 17.3 Å². The average molecular weight is 299 g/mol. The monoisotopic (exact) mass is 298 g/mol. The number of rotatable bonds is 1. The van der Waals surface area contributed by atoms with Crippen LogP contribution in [0.1, 0.15) is 24.1 Å². The maximum atomic E-state index is 6.34. The Morgan fingerprint density at radius 1 is 1.10 bits per heavy atom. The number of fused-ring (bicyclic) bond motifs is 2. The minimum absolute atomic E-state index is 0.708. The summed E-state index contributed by atoms with van der Waals surface area (Å²) < 4.78 is 1.83. The third-order valence-electron chi connectivity index (χ3n) is 4.11. The van der Waals surface area contributed by atoms with Crippen molar-refractivity contribution >= 4 is 28.3 Å². The van der Waals surface area contributed by atoms with Crippen molar-refractivity contribution in [3.63, 3.8) is 0 Å². The van der Waals surface area contributed by atoms with Crippen molar-refractivity contribution < 1.29 is 0 Å². The van der Waals surface area contributed by atoms with Crippen LogP contribution in [0.2, 0.25) is 5.02 Å². The van der Waals surface area contributed by atoms with Crippen LogP contribution in [-0.4, -0.2) is 14.8 Å². The second-order valence-corrected chi connectivity index (χ2v) is 5.86. The Kier molecular flexibility index (Phi) is 2.86. The molecule has 4 nitrogen and oxygen atoms in total. The Morgan fingerprint density at radius 2 is 1.86 bits per heavy atom. The molecule has 3 aromatic rings. The molecule has 0 fully saturated rings. The van der Waals surface area contributed by atoms with Gasteiger partial charge in [-0.25, -0.2) is 9.67 Å². The Labute approximate surface area is 127 Å². The van der Waals surface area contributed by atoms with Gasteiger partial charge in [-0.05, 0) is 55.5 Å². The zero-order valence-corrected chi connectivity index (χ0v) is 12.3. The number of halogens is 1. The summed E-state index contributed by atoms with van der Waals surface area (Å²) in [4.78, 5) is 4.82. The Hall–Kier alpha value is -2.07. The first-order valence-corrected chi connectivity index (χ1v) is 7.53. The van der Waals surface area contributed by atoms with E-state index in [0.29, 0.717) is 5.02 Å². The van der Waals surface area contributed by atoms with E-state index < -0.39 is 0 Å². The summed E-state index contributed by atoms with van der Waals surface area (Å²) in [7, 11) is 0. The van der Waals surface area contributed by atoms with E-state index in [2.05, 4.69) is 5.10 Å². The average Bonchev–Trinajstić information content (AvgIpc) is 2.92. The SMILES string of the molecule is Nc1c2c(nc3c1cnn3-c1ccc(Cl)cc1)CCCC2. The van der Waals surface area contributed by atoms with Crippen LogP contribution in [0.4, 0.5) is 5.69 Å². The molecule has 1 aromatic carbocycles. The lowest BCUT2D eigenvalue weighted by molar-refractivity contribution is 0.671. The summed E-state index contributed by atoms with van der Waals surface area (Å²) in [5.41, 5.74) is 11.3. The predicted octanol–water partition coefficient (Wildman–Crippen LogP) is 3.53. The quantitative estimate of drug-likeness (QED) is 0.747. The summed E-state index contributed by atoms with van der Waals surface area (Å²) in [6.45, 7) is 0. The highest BCUT2D eigenvalue weighted by atomic mass is 35.5. The molecule has 2 aromatic heterocycles. The number of benzene rings is 1. The van der Waals surface area contributed by atoms with E-state index in [1.807, 2.05) is 28.9 Å². The molecule has 4 rings (SSSR count). The normalized spacial score (nSPS) is 14.3. The van der Waals surface area contributed by atoms with Crippen LogP contribution in [0.25, 0.3) is 16.7 Å². The summed E-state index contributed by atoms with van der Waals surface area (Å²) in [6, 6.07) is 7.58. The van der Waals surface area contributed by atoms with Gasteiger partial charge < -0.3 is 5.73 Å². The maximum Gasteiger partial charge on any atom is 0.165 e. The number of aromatic nitrogens is 3. The van der Waals surface area contributed by atoms with E-state index in [-0.39, 0.29) is 0 Å². The summed E-state index contributed by atoms with van der Waals surface area (Å²) in [5, 5.41) is 6.10. The largest absolute Gasteiger partial charge is 0.398 e. The van der Waals surface area contributed by atoms with Gasteiger partial charge >= 0.3 is 0 Å². The van der Waals surface area contributed by atoms with Crippen molar-refractivity contribution in [1.82, 2.24) is 14.8 Å². The zero-order chi connectivity index (χ0) is 14.4. The summed E-state index contributed by atoms with van der Waals surface area (Å²) >= 11 is 5.95. The number of hydrogen-bond acceptors (Lipinski definition) is 3. The fraction of sp³-hybridized carbons (Fsp3) is 0.250. The second-order valence-electron chi connectivity index (χ2n) is 5.43. The minimum atomic E-state index is 0.708. The fourth-order valence-corrected chi connectivity index (χ4v) is 3.13. The standard InChI is InChI=1S/C16H15ClN4/c17-10-5-7-11(8-6-10)21-16-13(9-19-21)15(18)12-3-1-2-4-14(12)20-16/h5-9H,1-4H2,(H2,18,20). The van der Waals surface area contributed by atoms with Crippen LogP contribution in [0.5, 0.6) is 0 Å². The van der Waals surface area contributed by atoms with Gasteiger partial charge in [0.25, 0.3) is 0 Å². The highest BCUT2D eigenvalue weighted by Crippen LogP contribution is 2.31. The third kappa shape index (κ3) is 1.98. The minimum Gasteiger partial charge on any atom is -0.398 e. The van der Waals surface area contributed by atoms with Gasteiger partial charge in [0.2, 0.25) is 0 Å². The molecule has 5 heteroatoms. The lowest BCUT2D eigenvalue weighted by Gasteiger charge is -2.17. The molecule has 0 atom stereocenters. The van der Waals surface area contributed by atoms with E-state index in [4.69, 9.17) is 22.3 Å². The van der Waals surface area contributed by atoms with Gasteiger partial charge in [-0.3, -0.25) is 0 Å². The molecule has 21 heavy (non-hydrogen) atoms. The molecule has 0 unspecified atom stereocenters. The molecule has 1 aliphatic carbocycles. The lowest BCUT2D eigenvalue weighted by Crippen LogP contribution is -2.10. The molecule has 2 heterocycles. The van der Waals surface area contributed by atoms with Crippen LogP contribution >= 0.6 is 11.6 Å². The molecule has 1 aliphatic rings. The molecule has 0 amide bonds. The molecule has 2 N–H and O–H groups in total. The molecule has 0 saturated carbocycles. The number of anilines is 1. The number of pyridine rings is 1. The summed E-state index contributed by atoms with van der Waals surface area (Å²) in [6.07, 6.45) is 6.20. The van der Waals surface area contributed by atoms with Gasteiger partial charge in [-0.15, -0.1) is 0 Å². The molecule has 0 radical (unpaired) electrons. The Morgan fingerprint density at radius 3 is 2.67 bits per heavy atom. The fourth-order valence-electron chi connectivity index (χ4n) is 3.00. The number of aryl methyl sites for hydroxylation is 1. The van der Waals surface area contributed by atoms with Crippen molar-refractivity contribution in [2.24, 2.45) is 0 Å². The van der Waals surface area contributed by atoms with Gasteiger partial charge in [-0.2, -0.15) is 5.10 Å². The van der Waals surface area contributed by atoms with Crippen LogP contribution in [-0.2, 0) is 12.8 Å². The topological polar surface area (TPSA) is 56.7 Å². The highest BCUT2D eigenvalue weighted by Gasteiger charge is 2.19. The maximum absolute atomic E-state index is 6.34. The van der Waals surface area contributed by atoms with Gasteiger partial charge in [0.15, 0.2) is 5.65 Å². The molecular weight excluding hydrogens is 284 g/mol. The smallest absolute Gasteiger partial charge is 0.165 e. The van der Waals surface area contributed by atoms with Crippen molar-refractivity contribution in [3.8, 4) is 5.69 Å². The van der Waals surface area contributed by atoms with Crippen LogP contribution in [0.15, 0.2) is 30.5 Å². The first-order chi connectivity index (χ1) is 10.2. The van der Waals surface area contributed by atoms with Gasteiger partial charge in [-0.1, -0.05) is 11.6 Å².